The second kappa shape index (κ2) is 5.05. The van der Waals surface area contributed by atoms with Crippen molar-refractivity contribution in [3.63, 3.8) is 0 Å². The van der Waals surface area contributed by atoms with E-state index < -0.39 is 5.54 Å². The molecule has 1 aliphatic rings. The van der Waals surface area contributed by atoms with Gasteiger partial charge in [-0.2, -0.15) is 0 Å². The Morgan fingerprint density at radius 2 is 2.40 bits per heavy atom. The second-order valence-corrected chi connectivity index (χ2v) is 4.92. The lowest BCUT2D eigenvalue weighted by Gasteiger charge is -2.34. The zero-order chi connectivity index (χ0) is 14.0. The van der Waals surface area contributed by atoms with E-state index in [-0.39, 0.29) is 5.91 Å². The van der Waals surface area contributed by atoms with E-state index in [0.717, 1.165) is 18.7 Å². The van der Waals surface area contributed by atoms with E-state index in [1.54, 1.807) is 18.5 Å². The molecule has 1 atom stereocenters. The van der Waals surface area contributed by atoms with Gasteiger partial charge in [0.15, 0.2) is 0 Å². The minimum atomic E-state index is -0.865. The van der Waals surface area contributed by atoms with Crippen molar-refractivity contribution in [3.05, 3.63) is 48.4 Å². The highest BCUT2D eigenvalue weighted by Crippen LogP contribution is 2.38. The average Bonchev–Trinajstić information content (AvgIpc) is 3.10. The van der Waals surface area contributed by atoms with Crippen LogP contribution in [0.25, 0.3) is 0 Å². The second-order valence-electron chi connectivity index (χ2n) is 4.92. The molecule has 0 aliphatic carbocycles. The maximum absolute atomic E-state index is 12.2. The highest BCUT2D eigenvalue weighted by Gasteiger charge is 2.48. The molecule has 3 rings (SSSR count). The summed E-state index contributed by atoms with van der Waals surface area (Å²) in [4.78, 5) is 22.3. The molecule has 2 N–H and O–H groups in total. The molecule has 1 fully saturated rings. The van der Waals surface area contributed by atoms with Gasteiger partial charge in [-0.1, -0.05) is 0 Å². The van der Waals surface area contributed by atoms with Crippen LogP contribution in [-0.2, 0) is 16.9 Å². The average molecular weight is 272 g/mol. The molecule has 1 amide bonds. The lowest BCUT2D eigenvalue weighted by atomic mass is 9.90. The van der Waals surface area contributed by atoms with Gasteiger partial charge in [-0.05, 0) is 31.0 Å². The van der Waals surface area contributed by atoms with Gasteiger partial charge < -0.3 is 10.2 Å². The summed E-state index contributed by atoms with van der Waals surface area (Å²) in [5, 5.41) is 0. The summed E-state index contributed by atoms with van der Waals surface area (Å²) in [5.41, 5.74) is 5.50. The van der Waals surface area contributed by atoms with Crippen molar-refractivity contribution in [3.8, 4) is 0 Å². The van der Waals surface area contributed by atoms with Crippen molar-refractivity contribution in [2.75, 3.05) is 6.54 Å². The van der Waals surface area contributed by atoms with Crippen LogP contribution in [-0.4, -0.2) is 27.3 Å². The maximum atomic E-state index is 12.2. The molecule has 6 heteroatoms. The number of carbonyl (C=O) groups excluding carboxylic acids is 1. The minimum Gasteiger partial charge on any atom is -0.468 e. The summed E-state index contributed by atoms with van der Waals surface area (Å²) in [6.45, 7) is 1.33. The summed E-state index contributed by atoms with van der Waals surface area (Å²) in [7, 11) is 0. The van der Waals surface area contributed by atoms with E-state index in [2.05, 4.69) is 9.97 Å². The Balaban J connectivity index is 1.98. The van der Waals surface area contributed by atoms with Crippen LogP contribution in [0.15, 0.2) is 41.4 Å². The van der Waals surface area contributed by atoms with Gasteiger partial charge in [0.2, 0.25) is 5.91 Å². The van der Waals surface area contributed by atoms with Crippen molar-refractivity contribution in [2.45, 2.75) is 24.9 Å². The van der Waals surface area contributed by atoms with Crippen LogP contribution in [0.1, 0.15) is 24.3 Å². The molecule has 0 spiro atoms. The van der Waals surface area contributed by atoms with Gasteiger partial charge in [0.05, 0.1) is 18.5 Å². The van der Waals surface area contributed by atoms with Gasteiger partial charge in [0.25, 0.3) is 0 Å². The smallest absolute Gasteiger partial charge is 0.244 e. The Kier molecular flexibility index (Phi) is 3.23. The summed E-state index contributed by atoms with van der Waals surface area (Å²) in [5.74, 6) is 0.437. The van der Waals surface area contributed by atoms with Crippen LogP contribution in [0.5, 0.6) is 0 Å². The molecule has 2 aromatic rings. The van der Waals surface area contributed by atoms with Crippen LogP contribution in [0.4, 0.5) is 0 Å². The first-order valence-corrected chi connectivity index (χ1v) is 6.57. The minimum absolute atomic E-state index is 0.375. The van der Waals surface area contributed by atoms with E-state index >= 15 is 0 Å². The molecule has 0 radical (unpaired) electrons. The lowest BCUT2D eigenvalue weighted by molar-refractivity contribution is -0.130. The third-order valence-electron chi connectivity index (χ3n) is 3.85. The van der Waals surface area contributed by atoms with E-state index in [4.69, 9.17) is 10.2 Å². The number of carbonyl (C=O) groups is 1. The number of aromatic nitrogens is 2. The van der Waals surface area contributed by atoms with Crippen molar-refractivity contribution < 1.29 is 9.21 Å². The molecule has 0 bridgehead atoms. The third-order valence-corrected chi connectivity index (χ3v) is 3.85. The standard InChI is InChI=1S/C14H16N4O2/c15-13(19)14(12-4-6-16-10-17-12)5-2-7-18(14)9-11-3-1-8-20-11/h1,3-4,6,8,10H,2,5,7,9H2,(H2,15,19). The quantitative estimate of drug-likeness (QED) is 0.899. The molecule has 6 nitrogen and oxygen atoms in total. The number of likely N-dealkylation sites (tertiary alicyclic amines) is 1. The lowest BCUT2D eigenvalue weighted by Crippen LogP contribution is -2.51. The van der Waals surface area contributed by atoms with Gasteiger partial charge >= 0.3 is 0 Å². The van der Waals surface area contributed by atoms with Crippen molar-refractivity contribution in [2.24, 2.45) is 5.73 Å². The molecule has 104 valence electrons. The number of hydrogen-bond donors (Lipinski definition) is 1. The maximum Gasteiger partial charge on any atom is 0.244 e. The monoisotopic (exact) mass is 272 g/mol. The number of furan rings is 1. The Morgan fingerprint density at radius 3 is 3.05 bits per heavy atom. The predicted octanol–water partition coefficient (Wildman–Crippen LogP) is 1.05. The molecule has 1 aliphatic heterocycles. The van der Waals surface area contributed by atoms with Crippen LogP contribution in [0, 0.1) is 0 Å². The number of nitrogens with two attached hydrogens (primary N) is 1. The SMILES string of the molecule is NC(=O)C1(c2ccncn2)CCCN1Cc1ccco1. The van der Waals surface area contributed by atoms with E-state index in [9.17, 15) is 4.79 Å². The highest BCUT2D eigenvalue weighted by atomic mass is 16.3. The highest BCUT2D eigenvalue weighted by molar-refractivity contribution is 5.86. The molecular weight excluding hydrogens is 256 g/mol. The van der Waals surface area contributed by atoms with Crippen LogP contribution < -0.4 is 5.73 Å². The molecule has 1 saturated heterocycles. The fourth-order valence-corrected chi connectivity index (χ4v) is 2.91. The number of primary amides is 1. The van der Waals surface area contributed by atoms with Crippen LogP contribution in [0.2, 0.25) is 0 Å². The van der Waals surface area contributed by atoms with Crippen LogP contribution >= 0.6 is 0 Å². The Hall–Kier alpha value is -2.21. The third kappa shape index (κ3) is 1.98. The zero-order valence-corrected chi connectivity index (χ0v) is 11.0. The first kappa shape index (κ1) is 12.8. The Labute approximate surface area is 116 Å². The molecule has 0 saturated carbocycles. The summed E-state index contributed by atoms with van der Waals surface area (Å²) in [6.07, 6.45) is 6.27. The normalized spacial score (nSPS) is 23.0. The summed E-state index contributed by atoms with van der Waals surface area (Å²) >= 11 is 0. The molecule has 0 aromatic carbocycles. The number of hydrogen-bond acceptors (Lipinski definition) is 5. The van der Waals surface area contributed by atoms with Gasteiger partial charge in [0, 0.05) is 12.7 Å². The Bertz CT molecular complexity index is 584. The fourth-order valence-electron chi connectivity index (χ4n) is 2.91. The first-order valence-electron chi connectivity index (χ1n) is 6.57. The van der Waals surface area contributed by atoms with E-state index in [1.165, 1.54) is 6.33 Å². The van der Waals surface area contributed by atoms with Crippen molar-refractivity contribution in [1.29, 1.82) is 0 Å². The van der Waals surface area contributed by atoms with Gasteiger partial charge in [-0.25, -0.2) is 9.97 Å². The largest absolute Gasteiger partial charge is 0.468 e. The van der Waals surface area contributed by atoms with Gasteiger partial charge in [-0.3, -0.25) is 9.69 Å². The predicted molar refractivity (Wildman–Crippen MR) is 71.3 cm³/mol. The molecule has 2 aromatic heterocycles. The van der Waals surface area contributed by atoms with E-state index in [1.807, 2.05) is 17.0 Å². The topological polar surface area (TPSA) is 85.2 Å². The van der Waals surface area contributed by atoms with Crippen LogP contribution in [0.3, 0.4) is 0 Å². The van der Waals surface area contributed by atoms with Crippen molar-refractivity contribution >= 4 is 5.91 Å². The van der Waals surface area contributed by atoms with Gasteiger partial charge in [-0.15, -0.1) is 0 Å². The molecule has 20 heavy (non-hydrogen) atoms. The number of rotatable bonds is 4. The molecule has 1 unspecified atom stereocenters. The number of amides is 1. The van der Waals surface area contributed by atoms with Crippen molar-refractivity contribution in [1.82, 2.24) is 14.9 Å². The van der Waals surface area contributed by atoms with E-state index in [0.29, 0.717) is 18.7 Å². The number of nitrogens with zero attached hydrogens (tertiary/aromatic N) is 3. The Morgan fingerprint density at radius 1 is 1.50 bits per heavy atom. The molecule has 3 heterocycles. The summed E-state index contributed by atoms with van der Waals surface area (Å²) in [6, 6.07) is 5.48. The first-order chi connectivity index (χ1) is 9.73. The zero-order valence-electron chi connectivity index (χ0n) is 11.0. The summed E-state index contributed by atoms with van der Waals surface area (Å²) < 4.78 is 5.38. The fraction of sp³-hybridized carbons (Fsp3) is 0.357. The molecular formula is C14H16N4O2. The van der Waals surface area contributed by atoms with Gasteiger partial charge in [0.1, 0.15) is 17.6 Å².